The van der Waals surface area contributed by atoms with Gasteiger partial charge in [0.15, 0.2) is 0 Å². The van der Waals surface area contributed by atoms with E-state index in [1.54, 1.807) is 23.2 Å². The van der Waals surface area contributed by atoms with Gasteiger partial charge in [-0.2, -0.15) is 0 Å². The van der Waals surface area contributed by atoms with E-state index < -0.39 is 0 Å². The van der Waals surface area contributed by atoms with E-state index in [9.17, 15) is 4.79 Å². The summed E-state index contributed by atoms with van der Waals surface area (Å²) in [6.07, 6.45) is 3.93. The molecular formula is C10H10BrN3O. The van der Waals surface area contributed by atoms with E-state index in [2.05, 4.69) is 32.5 Å². The lowest BCUT2D eigenvalue weighted by Crippen LogP contribution is -2.26. The molecule has 15 heavy (non-hydrogen) atoms. The number of halogens is 1. The van der Waals surface area contributed by atoms with Crippen molar-refractivity contribution >= 4 is 27.8 Å². The molecular weight excluding hydrogens is 258 g/mol. The Bertz CT molecular complexity index is 407. The number of carbonyl (C=O) groups excluding carboxylic acids is 1. The Hall–Kier alpha value is -1.23. The van der Waals surface area contributed by atoms with Gasteiger partial charge in [-0.05, 0) is 22.0 Å². The fourth-order valence-electron chi connectivity index (χ4n) is 1.54. The largest absolute Gasteiger partial charge is 0.280 e. The van der Waals surface area contributed by atoms with Gasteiger partial charge in [-0.25, -0.2) is 9.97 Å². The number of hydrogen-bond donors (Lipinski definition) is 0. The van der Waals surface area contributed by atoms with Gasteiger partial charge < -0.3 is 0 Å². The molecule has 0 saturated carbocycles. The molecule has 1 saturated heterocycles. The van der Waals surface area contributed by atoms with E-state index >= 15 is 0 Å². The van der Waals surface area contributed by atoms with Gasteiger partial charge in [0.2, 0.25) is 11.9 Å². The van der Waals surface area contributed by atoms with E-state index in [-0.39, 0.29) is 11.8 Å². The van der Waals surface area contributed by atoms with Crippen molar-refractivity contribution < 1.29 is 4.79 Å². The predicted octanol–water partition coefficient (Wildman–Crippen LogP) is 1.78. The quantitative estimate of drug-likeness (QED) is 0.606. The molecule has 4 nitrogen and oxygen atoms in total. The highest BCUT2D eigenvalue weighted by Gasteiger charge is 2.30. The maximum absolute atomic E-state index is 11.6. The maximum Gasteiger partial charge on any atom is 0.233 e. The molecule has 1 aliphatic heterocycles. The monoisotopic (exact) mass is 267 g/mol. The van der Waals surface area contributed by atoms with E-state index in [0.29, 0.717) is 23.5 Å². The molecule has 0 bridgehead atoms. The first kappa shape index (κ1) is 10.3. The van der Waals surface area contributed by atoms with Crippen molar-refractivity contribution in [1.29, 1.82) is 0 Å². The molecule has 0 N–H and O–H groups in total. The van der Waals surface area contributed by atoms with E-state index in [1.807, 2.05) is 0 Å². The topological polar surface area (TPSA) is 46.1 Å². The third-order valence-electron chi connectivity index (χ3n) is 2.34. The average molecular weight is 268 g/mol. The van der Waals surface area contributed by atoms with Crippen molar-refractivity contribution in [2.24, 2.45) is 5.92 Å². The molecule has 0 aromatic carbocycles. The van der Waals surface area contributed by atoms with Gasteiger partial charge >= 0.3 is 0 Å². The summed E-state index contributed by atoms with van der Waals surface area (Å²) in [5.41, 5.74) is 0. The lowest BCUT2D eigenvalue weighted by Gasteiger charge is -2.13. The molecule has 2 heterocycles. The first-order valence-corrected chi connectivity index (χ1v) is 5.41. The van der Waals surface area contributed by atoms with Crippen molar-refractivity contribution in [3.63, 3.8) is 0 Å². The fourth-order valence-corrected chi connectivity index (χ4v) is 1.82. The van der Waals surface area contributed by atoms with Crippen LogP contribution in [0.25, 0.3) is 0 Å². The van der Waals surface area contributed by atoms with Crippen LogP contribution in [0.3, 0.4) is 0 Å². The van der Waals surface area contributed by atoms with Crippen LogP contribution in [0.2, 0.25) is 0 Å². The second-order valence-corrected chi connectivity index (χ2v) is 4.20. The number of hydrogen-bond acceptors (Lipinski definition) is 3. The maximum atomic E-state index is 11.6. The lowest BCUT2D eigenvalue weighted by molar-refractivity contribution is -0.117. The number of aromatic nitrogens is 2. The third kappa shape index (κ3) is 2.07. The van der Waals surface area contributed by atoms with Crippen molar-refractivity contribution in [2.75, 3.05) is 11.4 Å². The Morgan fingerprint density at radius 3 is 3.07 bits per heavy atom. The summed E-state index contributed by atoms with van der Waals surface area (Å²) in [5, 5.41) is 0. The van der Waals surface area contributed by atoms with Crippen LogP contribution in [0.15, 0.2) is 29.5 Å². The predicted molar refractivity (Wildman–Crippen MR) is 60.4 cm³/mol. The minimum absolute atomic E-state index is 0.0537. The minimum Gasteiger partial charge on any atom is -0.280 e. The molecule has 1 atom stereocenters. The molecule has 2 rings (SSSR count). The first-order chi connectivity index (χ1) is 7.20. The highest BCUT2D eigenvalue weighted by atomic mass is 79.9. The van der Waals surface area contributed by atoms with E-state index in [0.717, 1.165) is 0 Å². The van der Waals surface area contributed by atoms with Crippen LogP contribution in [0, 0.1) is 5.92 Å². The van der Waals surface area contributed by atoms with Gasteiger partial charge in [0.25, 0.3) is 0 Å². The van der Waals surface area contributed by atoms with Crippen LogP contribution in [-0.4, -0.2) is 22.4 Å². The molecule has 1 aromatic heterocycles. The van der Waals surface area contributed by atoms with Crippen molar-refractivity contribution in [3.8, 4) is 0 Å². The highest BCUT2D eigenvalue weighted by molar-refractivity contribution is 9.10. The summed E-state index contributed by atoms with van der Waals surface area (Å²) < 4.78 is 0.683. The number of amides is 1. The Morgan fingerprint density at radius 2 is 2.47 bits per heavy atom. The minimum atomic E-state index is 0.0537. The Morgan fingerprint density at radius 1 is 1.67 bits per heavy atom. The van der Waals surface area contributed by atoms with Gasteiger partial charge in [0, 0.05) is 25.1 Å². The van der Waals surface area contributed by atoms with Gasteiger partial charge in [-0.1, -0.05) is 6.08 Å². The Labute approximate surface area is 96.2 Å². The van der Waals surface area contributed by atoms with Gasteiger partial charge in [0.1, 0.15) is 4.60 Å². The second kappa shape index (κ2) is 4.10. The molecule has 1 fully saturated rings. The standard InChI is InChI=1S/C10H10BrN3O/c1-2-7-5-9(15)14(6-7)10-12-4-3-8(11)13-10/h2-4,7H,1,5-6H2. The second-order valence-electron chi connectivity index (χ2n) is 3.38. The Balaban J connectivity index is 2.25. The van der Waals surface area contributed by atoms with Crippen LogP contribution in [0.4, 0.5) is 5.95 Å². The molecule has 1 unspecified atom stereocenters. The zero-order valence-corrected chi connectivity index (χ0v) is 9.64. The number of carbonyl (C=O) groups is 1. The zero-order chi connectivity index (χ0) is 10.8. The molecule has 0 aliphatic carbocycles. The molecule has 1 amide bonds. The Kier molecular flexibility index (Phi) is 2.81. The number of nitrogens with zero attached hydrogens (tertiary/aromatic N) is 3. The van der Waals surface area contributed by atoms with Crippen molar-refractivity contribution in [1.82, 2.24) is 9.97 Å². The van der Waals surface area contributed by atoms with Gasteiger partial charge in [0.05, 0.1) is 0 Å². The third-order valence-corrected chi connectivity index (χ3v) is 2.78. The zero-order valence-electron chi connectivity index (χ0n) is 8.06. The van der Waals surface area contributed by atoms with Crippen LogP contribution in [0.1, 0.15) is 6.42 Å². The molecule has 5 heteroatoms. The molecule has 78 valence electrons. The van der Waals surface area contributed by atoms with Gasteiger partial charge in [-0.15, -0.1) is 6.58 Å². The highest BCUT2D eigenvalue weighted by Crippen LogP contribution is 2.23. The summed E-state index contributed by atoms with van der Waals surface area (Å²) in [6.45, 7) is 4.32. The first-order valence-electron chi connectivity index (χ1n) is 4.62. The normalized spacial score (nSPS) is 20.7. The molecule has 1 aromatic rings. The van der Waals surface area contributed by atoms with E-state index in [4.69, 9.17) is 0 Å². The van der Waals surface area contributed by atoms with Crippen molar-refractivity contribution in [3.05, 3.63) is 29.5 Å². The van der Waals surface area contributed by atoms with Crippen molar-refractivity contribution in [2.45, 2.75) is 6.42 Å². The van der Waals surface area contributed by atoms with Crippen LogP contribution >= 0.6 is 15.9 Å². The summed E-state index contributed by atoms with van der Waals surface area (Å²) in [6, 6.07) is 1.73. The smallest absolute Gasteiger partial charge is 0.233 e. The lowest BCUT2D eigenvalue weighted by atomic mass is 10.1. The molecule has 1 aliphatic rings. The number of anilines is 1. The average Bonchev–Trinajstić information content (AvgIpc) is 2.60. The molecule has 0 radical (unpaired) electrons. The molecule has 0 spiro atoms. The fraction of sp³-hybridized carbons (Fsp3) is 0.300. The van der Waals surface area contributed by atoms with E-state index in [1.165, 1.54) is 0 Å². The number of rotatable bonds is 2. The SMILES string of the molecule is C=CC1CC(=O)N(c2nccc(Br)n2)C1. The van der Waals surface area contributed by atoms with Gasteiger partial charge in [-0.3, -0.25) is 9.69 Å². The summed E-state index contributed by atoms with van der Waals surface area (Å²) in [5.74, 6) is 0.719. The van der Waals surface area contributed by atoms with Crippen LogP contribution < -0.4 is 4.90 Å². The summed E-state index contributed by atoms with van der Waals surface area (Å²) in [4.78, 5) is 21.5. The van der Waals surface area contributed by atoms with Crippen LogP contribution in [-0.2, 0) is 4.79 Å². The summed E-state index contributed by atoms with van der Waals surface area (Å²) in [7, 11) is 0. The summed E-state index contributed by atoms with van der Waals surface area (Å²) >= 11 is 3.25. The van der Waals surface area contributed by atoms with Crippen LogP contribution in [0.5, 0.6) is 0 Å².